The molecular weight excluding hydrogens is 362 g/mol. The fourth-order valence-corrected chi connectivity index (χ4v) is 3.08. The van der Waals surface area contributed by atoms with E-state index in [1.165, 1.54) is 0 Å². The molecule has 6 heteroatoms. The van der Waals surface area contributed by atoms with Crippen LogP contribution < -0.4 is 0 Å². The van der Waals surface area contributed by atoms with E-state index in [1.54, 1.807) is 9.58 Å². The van der Waals surface area contributed by atoms with Crippen molar-refractivity contribution >= 4 is 17.5 Å². The lowest BCUT2D eigenvalue weighted by Crippen LogP contribution is -2.34. The summed E-state index contributed by atoms with van der Waals surface area (Å²) in [6.45, 7) is 2.74. The van der Waals surface area contributed by atoms with Gasteiger partial charge in [0, 0.05) is 35.4 Å². The van der Waals surface area contributed by atoms with Crippen LogP contribution in [0.4, 0.5) is 0 Å². The second-order valence-electron chi connectivity index (χ2n) is 6.16. The average molecular weight is 384 g/mol. The number of aliphatic hydroxyl groups is 1. The minimum atomic E-state index is -0.0487. The van der Waals surface area contributed by atoms with Crippen molar-refractivity contribution in [3.8, 4) is 16.9 Å². The van der Waals surface area contributed by atoms with Crippen molar-refractivity contribution < 1.29 is 9.90 Å². The number of para-hydroxylation sites is 1. The van der Waals surface area contributed by atoms with Crippen molar-refractivity contribution in [2.45, 2.75) is 13.3 Å². The molecule has 5 nitrogen and oxygen atoms in total. The Hall–Kier alpha value is -2.63. The summed E-state index contributed by atoms with van der Waals surface area (Å²) in [4.78, 5) is 14.3. The van der Waals surface area contributed by atoms with Crippen LogP contribution in [0.15, 0.2) is 60.8 Å². The molecule has 1 N–H and O–H groups in total. The van der Waals surface area contributed by atoms with Gasteiger partial charge in [-0.3, -0.25) is 4.79 Å². The molecule has 0 saturated heterocycles. The number of halogens is 1. The third-order valence-electron chi connectivity index (χ3n) is 4.37. The number of aromatic nitrogens is 2. The summed E-state index contributed by atoms with van der Waals surface area (Å²) in [6, 6.07) is 17.2. The SMILES string of the molecule is CCN(CCO)C(=O)Cc1cn(-c2ccccc2)nc1-c1ccc(Cl)cc1. The molecule has 1 amide bonds. The molecule has 2 aromatic carbocycles. The lowest BCUT2D eigenvalue weighted by molar-refractivity contribution is -0.130. The van der Waals surface area contributed by atoms with Gasteiger partial charge in [-0.15, -0.1) is 0 Å². The molecule has 0 aliphatic heterocycles. The maximum absolute atomic E-state index is 12.7. The topological polar surface area (TPSA) is 58.4 Å². The van der Waals surface area contributed by atoms with E-state index < -0.39 is 0 Å². The van der Waals surface area contributed by atoms with Gasteiger partial charge in [0.05, 0.1) is 24.4 Å². The monoisotopic (exact) mass is 383 g/mol. The molecule has 1 aromatic heterocycles. The maximum atomic E-state index is 12.7. The van der Waals surface area contributed by atoms with E-state index in [4.69, 9.17) is 16.7 Å². The number of aliphatic hydroxyl groups excluding tert-OH is 1. The first-order valence-electron chi connectivity index (χ1n) is 8.91. The summed E-state index contributed by atoms with van der Waals surface area (Å²) >= 11 is 6.01. The highest BCUT2D eigenvalue weighted by Gasteiger charge is 2.18. The van der Waals surface area contributed by atoms with Crippen LogP contribution in [-0.4, -0.2) is 45.4 Å². The van der Waals surface area contributed by atoms with Crippen molar-refractivity contribution in [1.82, 2.24) is 14.7 Å². The summed E-state index contributed by atoms with van der Waals surface area (Å²) < 4.78 is 1.79. The predicted octanol–water partition coefficient (Wildman–Crippen LogP) is 3.58. The second kappa shape index (κ2) is 8.84. The summed E-state index contributed by atoms with van der Waals surface area (Å²) in [7, 11) is 0. The molecule has 0 radical (unpaired) electrons. The zero-order chi connectivity index (χ0) is 19.2. The van der Waals surface area contributed by atoms with Gasteiger partial charge in [0.2, 0.25) is 5.91 Å². The molecule has 1 heterocycles. The van der Waals surface area contributed by atoms with Gasteiger partial charge in [-0.1, -0.05) is 41.9 Å². The number of amides is 1. The largest absolute Gasteiger partial charge is 0.395 e. The zero-order valence-electron chi connectivity index (χ0n) is 15.2. The van der Waals surface area contributed by atoms with Gasteiger partial charge in [0.15, 0.2) is 0 Å². The molecule has 0 atom stereocenters. The minimum absolute atomic E-state index is 0.0330. The first kappa shape index (κ1) is 19.1. The number of likely N-dealkylation sites (N-methyl/N-ethyl adjacent to an activating group) is 1. The van der Waals surface area contributed by atoms with Crippen molar-refractivity contribution in [2.75, 3.05) is 19.7 Å². The Morgan fingerprint density at radius 2 is 1.85 bits per heavy atom. The van der Waals surface area contributed by atoms with Gasteiger partial charge < -0.3 is 10.0 Å². The highest BCUT2D eigenvalue weighted by atomic mass is 35.5. The van der Waals surface area contributed by atoms with Crippen molar-refractivity contribution in [2.24, 2.45) is 0 Å². The van der Waals surface area contributed by atoms with E-state index in [9.17, 15) is 9.90 Å². The normalized spacial score (nSPS) is 10.8. The van der Waals surface area contributed by atoms with Crippen molar-refractivity contribution in [3.05, 3.63) is 71.4 Å². The van der Waals surface area contributed by atoms with Crippen LogP contribution >= 0.6 is 11.6 Å². The molecule has 0 fully saturated rings. The molecule has 3 rings (SSSR count). The fourth-order valence-electron chi connectivity index (χ4n) is 2.96. The number of rotatable bonds is 7. The number of carbonyl (C=O) groups is 1. The molecular formula is C21H22ClN3O2. The van der Waals surface area contributed by atoms with Crippen LogP contribution in [-0.2, 0) is 11.2 Å². The molecule has 27 heavy (non-hydrogen) atoms. The van der Waals surface area contributed by atoms with Gasteiger partial charge in [-0.2, -0.15) is 5.10 Å². The van der Waals surface area contributed by atoms with E-state index in [0.717, 1.165) is 22.5 Å². The van der Waals surface area contributed by atoms with E-state index in [-0.39, 0.29) is 18.9 Å². The van der Waals surface area contributed by atoms with Gasteiger partial charge >= 0.3 is 0 Å². The third-order valence-corrected chi connectivity index (χ3v) is 4.63. The molecule has 0 aliphatic rings. The molecule has 0 aliphatic carbocycles. The molecule has 0 saturated carbocycles. The first-order chi connectivity index (χ1) is 13.1. The summed E-state index contributed by atoms with van der Waals surface area (Å²) in [6.07, 6.45) is 2.11. The molecule has 0 spiro atoms. The minimum Gasteiger partial charge on any atom is -0.395 e. The van der Waals surface area contributed by atoms with Crippen LogP contribution in [0.5, 0.6) is 0 Å². The average Bonchev–Trinajstić information content (AvgIpc) is 3.11. The molecule has 0 bridgehead atoms. The smallest absolute Gasteiger partial charge is 0.227 e. The molecule has 3 aromatic rings. The van der Waals surface area contributed by atoms with Crippen molar-refractivity contribution in [1.29, 1.82) is 0 Å². The third kappa shape index (κ3) is 4.56. The van der Waals surface area contributed by atoms with Crippen LogP contribution in [0.1, 0.15) is 12.5 Å². The Morgan fingerprint density at radius 3 is 2.48 bits per heavy atom. The molecule has 0 unspecified atom stereocenters. The van der Waals surface area contributed by atoms with E-state index in [2.05, 4.69) is 0 Å². The number of hydrogen-bond donors (Lipinski definition) is 1. The zero-order valence-corrected chi connectivity index (χ0v) is 15.9. The Bertz CT molecular complexity index is 892. The van der Waals surface area contributed by atoms with Crippen LogP contribution in [0.25, 0.3) is 16.9 Å². The lowest BCUT2D eigenvalue weighted by Gasteiger charge is -2.19. The Labute approximate surface area is 163 Å². The number of hydrogen-bond acceptors (Lipinski definition) is 3. The number of nitrogens with zero attached hydrogens (tertiary/aromatic N) is 3. The maximum Gasteiger partial charge on any atom is 0.227 e. The fraction of sp³-hybridized carbons (Fsp3) is 0.238. The van der Waals surface area contributed by atoms with Crippen LogP contribution in [0.3, 0.4) is 0 Å². The highest BCUT2D eigenvalue weighted by molar-refractivity contribution is 6.30. The predicted molar refractivity (Wildman–Crippen MR) is 107 cm³/mol. The van der Waals surface area contributed by atoms with Gasteiger partial charge in [-0.05, 0) is 31.2 Å². The Kier molecular flexibility index (Phi) is 6.27. The highest BCUT2D eigenvalue weighted by Crippen LogP contribution is 2.26. The van der Waals surface area contributed by atoms with Gasteiger partial charge in [-0.25, -0.2) is 4.68 Å². The number of carbonyl (C=O) groups excluding carboxylic acids is 1. The lowest BCUT2D eigenvalue weighted by atomic mass is 10.1. The summed E-state index contributed by atoms with van der Waals surface area (Å²) in [5.41, 5.74) is 3.42. The van der Waals surface area contributed by atoms with Crippen LogP contribution in [0, 0.1) is 0 Å². The van der Waals surface area contributed by atoms with Crippen molar-refractivity contribution in [3.63, 3.8) is 0 Å². The van der Waals surface area contributed by atoms with E-state index in [0.29, 0.717) is 18.1 Å². The quantitative estimate of drug-likeness (QED) is 0.678. The second-order valence-corrected chi connectivity index (χ2v) is 6.60. The van der Waals surface area contributed by atoms with E-state index in [1.807, 2.05) is 67.7 Å². The van der Waals surface area contributed by atoms with Crippen LogP contribution in [0.2, 0.25) is 5.02 Å². The van der Waals surface area contributed by atoms with Gasteiger partial charge in [0.25, 0.3) is 0 Å². The molecule has 140 valence electrons. The van der Waals surface area contributed by atoms with E-state index >= 15 is 0 Å². The van der Waals surface area contributed by atoms with Gasteiger partial charge in [0.1, 0.15) is 0 Å². The first-order valence-corrected chi connectivity index (χ1v) is 9.28. The standard InChI is InChI=1S/C21H22ClN3O2/c1-2-24(12-13-26)20(27)14-17-15-25(19-6-4-3-5-7-19)23-21(17)16-8-10-18(22)11-9-16/h3-11,15,26H,2,12-14H2,1H3. The Balaban J connectivity index is 1.98. The summed E-state index contributed by atoms with van der Waals surface area (Å²) in [5.74, 6) is -0.0330. The summed E-state index contributed by atoms with van der Waals surface area (Å²) in [5, 5.41) is 14.5. The number of benzene rings is 2. The Morgan fingerprint density at radius 1 is 1.15 bits per heavy atom.